The van der Waals surface area contributed by atoms with E-state index in [1.54, 1.807) is 0 Å². The Morgan fingerprint density at radius 1 is 1.47 bits per heavy atom. The molecule has 98 valence electrons. The molecule has 0 amide bonds. The first-order valence-electron chi connectivity index (χ1n) is 5.14. The fourth-order valence-electron chi connectivity index (χ4n) is 1.72. The minimum Gasteiger partial charge on any atom is -0.465 e. The van der Waals surface area contributed by atoms with Gasteiger partial charge in [-0.15, -0.1) is 0 Å². The van der Waals surface area contributed by atoms with Crippen LogP contribution in [0.1, 0.15) is 10.4 Å². The van der Waals surface area contributed by atoms with Crippen LogP contribution in [0, 0.1) is 10.1 Å². The number of nitrogens with one attached hydrogen (secondary N) is 1. The van der Waals surface area contributed by atoms with Gasteiger partial charge in [0.05, 0.1) is 23.2 Å². The van der Waals surface area contributed by atoms with E-state index >= 15 is 0 Å². The van der Waals surface area contributed by atoms with Gasteiger partial charge in [0.1, 0.15) is 5.56 Å². The summed E-state index contributed by atoms with van der Waals surface area (Å²) in [5.74, 6) is -0.896. The lowest BCUT2D eigenvalue weighted by Gasteiger charge is -2.06. The highest BCUT2D eigenvalue weighted by molar-refractivity contribution is 6.04. The molecule has 0 spiro atoms. The van der Waals surface area contributed by atoms with Crippen molar-refractivity contribution in [2.24, 2.45) is 0 Å². The number of pyridine rings is 1. The Bertz CT molecular complexity index is 750. The van der Waals surface area contributed by atoms with Crippen LogP contribution in [0.3, 0.4) is 0 Å². The number of nitrogen functional groups attached to an aromatic ring is 1. The highest BCUT2D eigenvalue weighted by Gasteiger charge is 2.19. The molecule has 0 radical (unpaired) electrons. The quantitative estimate of drug-likeness (QED) is 0.468. The van der Waals surface area contributed by atoms with Crippen LogP contribution in [-0.4, -0.2) is 23.0 Å². The van der Waals surface area contributed by atoms with Crippen LogP contribution in [0.4, 0.5) is 11.4 Å². The lowest BCUT2D eigenvalue weighted by Crippen LogP contribution is -2.21. The van der Waals surface area contributed by atoms with E-state index in [-0.39, 0.29) is 22.3 Å². The number of methoxy groups -OCH3 is 1. The molecule has 1 aromatic carbocycles. The molecule has 2 aromatic rings. The van der Waals surface area contributed by atoms with Crippen molar-refractivity contribution in [3.63, 3.8) is 0 Å². The molecule has 0 saturated carbocycles. The number of ether oxygens (including phenoxy) is 1. The summed E-state index contributed by atoms with van der Waals surface area (Å²) < 4.78 is 4.45. The van der Waals surface area contributed by atoms with Crippen molar-refractivity contribution in [2.75, 3.05) is 12.8 Å². The molecule has 0 saturated heterocycles. The Kier molecular flexibility index (Phi) is 2.91. The zero-order valence-electron chi connectivity index (χ0n) is 9.80. The van der Waals surface area contributed by atoms with Gasteiger partial charge >= 0.3 is 5.97 Å². The van der Waals surface area contributed by atoms with Crippen LogP contribution in [0.5, 0.6) is 0 Å². The number of nitrogens with zero attached hydrogens (tertiary/aromatic N) is 1. The molecule has 0 atom stereocenters. The number of carbonyl (C=O) groups is 1. The van der Waals surface area contributed by atoms with Gasteiger partial charge in [-0.05, 0) is 6.07 Å². The molecule has 1 aromatic heterocycles. The van der Waals surface area contributed by atoms with Crippen LogP contribution in [-0.2, 0) is 4.74 Å². The zero-order valence-corrected chi connectivity index (χ0v) is 9.80. The molecule has 0 fully saturated rings. The second-order valence-corrected chi connectivity index (χ2v) is 3.72. The van der Waals surface area contributed by atoms with E-state index < -0.39 is 16.5 Å². The molecular formula is C11H9N3O5. The number of nitro benzene ring substituents is 1. The van der Waals surface area contributed by atoms with E-state index in [2.05, 4.69) is 9.72 Å². The van der Waals surface area contributed by atoms with Gasteiger partial charge < -0.3 is 15.5 Å². The average Bonchev–Trinajstić information content (AvgIpc) is 2.37. The summed E-state index contributed by atoms with van der Waals surface area (Å²) in [6.07, 6.45) is 0. The van der Waals surface area contributed by atoms with E-state index in [1.807, 2.05) is 0 Å². The molecule has 0 bridgehead atoms. The molecule has 19 heavy (non-hydrogen) atoms. The standard InChI is InChI=1S/C11H9N3O5/c1-19-11(16)8-9(12)6-4-5(14(17)18)2-3-7(6)13-10(8)15/h2-4H,1H3,(H3,12,13,15). The van der Waals surface area contributed by atoms with E-state index in [0.29, 0.717) is 5.52 Å². The third-order valence-corrected chi connectivity index (χ3v) is 2.64. The number of anilines is 1. The van der Waals surface area contributed by atoms with Gasteiger partial charge in [0.15, 0.2) is 0 Å². The van der Waals surface area contributed by atoms with Crippen molar-refractivity contribution in [1.29, 1.82) is 0 Å². The second kappa shape index (κ2) is 4.41. The van der Waals surface area contributed by atoms with E-state index in [0.717, 1.165) is 7.11 Å². The summed E-state index contributed by atoms with van der Waals surface area (Å²) in [7, 11) is 1.11. The Balaban J connectivity index is 2.84. The molecule has 0 aliphatic carbocycles. The topological polar surface area (TPSA) is 128 Å². The number of benzene rings is 1. The van der Waals surface area contributed by atoms with E-state index in [1.165, 1.54) is 18.2 Å². The smallest absolute Gasteiger partial charge is 0.345 e. The van der Waals surface area contributed by atoms with E-state index in [9.17, 15) is 19.7 Å². The van der Waals surface area contributed by atoms with Crippen molar-refractivity contribution in [3.8, 4) is 0 Å². The molecule has 1 heterocycles. The van der Waals surface area contributed by atoms with Gasteiger partial charge in [0.2, 0.25) is 0 Å². The minimum absolute atomic E-state index is 0.144. The highest BCUT2D eigenvalue weighted by Crippen LogP contribution is 2.25. The summed E-state index contributed by atoms with van der Waals surface area (Å²) in [5.41, 5.74) is 4.62. The molecule has 0 aliphatic heterocycles. The largest absolute Gasteiger partial charge is 0.465 e. The zero-order chi connectivity index (χ0) is 14.2. The number of non-ortho nitro benzene ring substituents is 1. The predicted octanol–water partition coefficient (Wildman–Crippen LogP) is 0.805. The van der Waals surface area contributed by atoms with Crippen LogP contribution >= 0.6 is 0 Å². The number of rotatable bonds is 2. The number of esters is 1. The van der Waals surface area contributed by atoms with Gasteiger partial charge in [0.25, 0.3) is 11.2 Å². The number of nitro groups is 1. The Morgan fingerprint density at radius 2 is 2.16 bits per heavy atom. The second-order valence-electron chi connectivity index (χ2n) is 3.72. The average molecular weight is 263 g/mol. The maximum absolute atomic E-state index is 11.7. The maximum Gasteiger partial charge on any atom is 0.345 e. The van der Waals surface area contributed by atoms with Crippen molar-refractivity contribution in [2.45, 2.75) is 0 Å². The lowest BCUT2D eigenvalue weighted by molar-refractivity contribution is -0.384. The van der Waals surface area contributed by atoms with E-state index in [4.69, 9.17) is 5.73 Å². The number of hydrogen-bond donors (Lipinski definition) is 2. The Morgan fingerprint density at radius 3 is 2.74 bits per heavy atom. The number of aromatic amines is 1. The third-order valence-electron chi connectivity index (χ3n) is 2.64. The number of fused-ring (bicyclic) bond motifs is 1. The van der Waals surface area contributed by atoms with Crippen molar-refractivity contribution in [1.82, 2.24) is 4.98 Å². The van der Waals surface area contributed by atoms with Gasteiger partial charge in [-0.3, -0.25) is 14.9 Å². The van der Waals surface area contributed by atoms with Crippen LogP contribution < -0.4 is 11.3 Å². The van der Waals surface area contributed by atoms with Gasteiger partial charge in [-0.1, -0.05) is 0 Å². The fourth-order valence-corrected chi connectivity index (χ4v) is 1.72. The summed E-state index contributed by atoms with van der Waals surface area (Å²) in [6.45, 7) is 0. The first-order valence-corrected chi connectivity index (χ1v) is 5.14. The first kappa shape index (κ1) is 12.6. The fraction of sp³-hybridized carbons (Fsp3) is 0.0909. The number of nitrogens with two attached hydrogens (primary N) is 1. The van der Waals surface area contributed by atoms with Crippen LogP contribution in [0.15, 0.2) is 23.0 Å². The summed E-state index contributed by atoms with van der Waals surface area (Å²) >= 11 is 0. The summed E-state index contributed by atoms with van der Waals surface area (Å²) in [5, 5.41) is 10.9. The van der Waals surface area contributed by atoms with Crippen molar-refractivity contribution < 1.29 is 14.5 Å². The van der Waals surface area contributed by atoms with Crippen molar-refractivity contribution >= 4 is 28.2 Å². The molecule has 8 heteroatoms. The maximum atomic E-state index is 11.7. The molecular weight excluding hydrogens is 254 g/mol. The number of carbonyl (C=O) groups excluding carboxylic acids is 1. The number of H-pyrrole nitrogens is 1. The van der Waals surface area contributed by atoms with Crippen molar-refractivity contribution in [3.05, 3.63) is 44.2 Å². The minimum atomic E-state index is -0.896. The number of aromatic nitrogens is 1. The molecule has 3 N–H and O–H groups in total. The van der Waals surface area contributed by atoms with Gasteiger partial charge in [0, 0.05) is 17.5 Å². The molecule has 8 nitrogen and oxygen atoms in total. The van der Waals surface area contributed by atoms with Crippen LogP contribution in [0.2, 0.25) is 0 Å². The summed E-state index contributed by atoms with van der Waals surface area (Å²) in [4.78, 5) is 35.7. The van der Waals surface area contributed by atoms with Gasteiger partial charge in [-0.2, -0.15) is 0 Å². The molecule has 2 rings (SSSR count). The normalized spacial score (nSPS) is 10.4. The highest BCUT2D eigenvalue weighted by atomic mass is 16.6. The lowest BCUT2D eigenvalue weighted by atomic mass is 10.1. The number of hydrogen-bond acceptors (Lipinski definition) is 6. The SMILES string of the molecule is COC(=O)c1c(N)c2cc([N+](=O)[O-])ccc2[nH]c1=O. The summed E-state index contributed by atoms with van der Waals surface area (Å²) in [6, 6.07) is 3.77. The molecule has 0 unspecified atom stereocenters. The third kappa shape index (κ3) is 1.99. The predicted molar refractivity (Wildman–Crippen MR) is 67.0 cm³/mol. The first-order chi connectivity index (χ1) is 8.95. The monoisotopic (exact) mass is 263 g/mol. The molecule has 0 aliphatic rings. The van der Waals surface area contributed by atoms with Crippen LogP contribution in [0.25, 0.3) is 10.9 Å². The van der Waals surface area contributed by atoms with Gasteiger partial charge in [-0.25, -0.2) is 4.79 Å². The Hall–Kier alpha value is -2.90. The Labute approximate surface area is 105 Å².